The summed E-state index contributed by atoms with van der Waals surface area (Å²) < 4.78 is 15.8. The predicted molar refractivity (Wildman–Crippen MR) is 140 cm³/mol. The van der Waals surface area contributed by atoms with Gasteiger partial charge in [-0.15, -0.1) is 0 Å². The highest BCUT2D eigenvalue weighted by Crippen LogP contribution is 2.27. The topological polar surface area (TPSA) is 123 Å². The molecule has 3 N–H and O–H groups in total. The number of benzene rings is 2. The van der Waals surface area contributed by atoms with Gasteiger partial charge in [-0.05, 0) is 53.1 Å². The minimum atomic E-state index is -1.33. The normalized spacial score (nSPS) is 17.1. The number of primary amides is 1. The van der Waals surface area contributed by atoms with Crippen molar-refractivity contribution in [1.29, 1.82) is 0 Å². The fourth-order valence-electron chi connectivity index (χ4n) is 4.69. The summed E-state index contributed by atoms with van der Waals surface area (Å²) in [6.45, 7) is -0.300. The Labute approximate surface area is 222 Å². The Morgan fingerprint density at radius 1 is 1.08 bits per heavy atom. The van der Waals surface area contributed by atoms with Gasteiger partial charge in [0, 0.05) is 35.8 Å². The van der Waals surface area contributed by atoms with E-state index in [2.05, 4.69) is 15.4 Å². The number of pyridine rings is 1. The number of hydrogen-bond acceptors (Lipinski definition) is 5. The molecule has 9 nitrogen and oxygen atoms in total. The highest BCUT2D eigenvalue weighted by molar-refractivity contribution is 6.30. The van der Waals surface area contributed by atoms with Crippen molar-refractivity contribution in [3.8, 4) is 11.1 Å². The molecule has 0 bridgehead atoms. The minimum Gasteiger partial charge on any atom is -0.364 e. The van der Waals surface area contributed by atoms with Crippen molar-refractivity contribution in [2.24, 2.45) is 5.73 Å². The third-order valence-electron chi connectivity index (χ3n) is 6.51. The molecule has 0 radical (unpaired) electrons. The van der Waals surface area contributed by atoms with Gasteiger partial charge in [0.25, 0.3) is 5.91 Å². The highest BCUT2D eigenvalue weighted by atomic mass is 35.5. The first kappa shape index (κ1) is 25.3. The molecule has 0 saturated carbocycles. The van der Waals surface area contributed by atoms with Crippen molar-refractivity contribution < 1.29 is 18.8 Å². The van der Waals surface area contributed by atoms with E-state index in [1.165, 1.54) is 9.58 Å². The quantitative estimate of drug-likeness (QED) is 0.377. The van der Waals surface area contributed by atoms with Crippen LogP contribution in [0, 0.1) is 0 Å². The minimum absolute atomic E-state index is 0.0179. The summed E-state index contributed by atoms with van der Waals surface area (Å²) in [6, 6.07) is 15.1. The van der Waals surface area contributed by atoms with Gasteiger partial charge in [-0.3, -0.25) is 24.0 Å². The molecular weight excluding hydrogens is 511 g/mol. The van der Waals surface area contributed by atoms with Crippen molar-refractivity contribution in [3.05, 3.63) is 83.3 Å². The van der Waals surface area contributed by atoms with Crippen LogP contribution in [0.4, 0.5) is 4.39 Å². The molecule has 194 valence electrons. The lowest BCUT2D eigenvalue weighted by molar-refractivity contribution is -0.139. The number of aromatic nitrogens is 3. The predicted octanol–water partition coefficient (Wildman–Crippen LogP) is 3.11. The zero-order chi connectivity index (χ0) is 26.8. The number of nitrogens with zero attached hydrogens (tertiary/aromatic N) is 4. The molecule has 2 atom stereocenters. The molecule has 1 saturated heterocycles. The molecule has 1 aliphatic heterocycles. The van der Waals surface area contributed by atoms with Gasteiger partial charge in [-0.1, -0.05) is 29.8 Å². The van der Waals surface area contributed by atoms with Gasteiger partial charge in [0.15, 0.2) is 5.69 Å². The lowest BCUT2D eigenvalue weighted by Gasteiger charge is -2.23. The molecule has 3 heterocycles. The molecule has 0 aliphatic carbocycles. The number of carbonyl (C=O) groups excluding carboxylic acids is 3. The Morgan fingerprint density at radius 3 is 2.61 bits per heavy atom. The van der Waals surface area contributed by atoms with Gasteiger partial charge >= 0.3 is 0 Å². The second-order valence-electron chi connectivity index (χ2n) is 9.08. The molecule has 2 aromatic carbocycles. The van der Waals surface area contributed by atoms with Crippen molar-refractivity contribution in [3.63, 3.8) is 0 Å². The number of hydrogen-bond donors (Lipinski definition) is 2. The maximum atomic E-state index is 14.4. The third kappa shape index (κ3) is 5.21. The fourth-order valence-corrected chi connectivity index (χ4v) is 4.90. The molecule has 5 rings (SSSR count). The summed E-state index contributed by atoms with van der Waals surface area (Å²) in [5.74, 6) is -1.69. The summed E-state index contributed by atoms with van der Waals surface area (Å²) in [5, 5.41) is 8.07. The average molecular weight is 535 g/mol. The summed E-state index contributed by atoms with van der Waals surface area (Å²) >= 11 is 6.00. The number of rotatable bonds is 7. The largest absolute Gasteiger partial charge is 0.364 e. The standard InChI is InChI=1S/C27H24ClFN6O3/c28-19-3-1-2-16(10-19)13-32-27(38)23-12-20(29)14-34(23)24(36)15-35-22-5-4-18(17-6-8-31-9-7-17)11-21(22)25(33-35)26(30)37/h1-11,20,23H,12-15H2,(H2,30,37)(H,32,38)/t20-,23+/m1/s1. The monoisotopic (exact) mass is 534 g/mol. The highest BCUT2D eigenvalue weighted by Gasteiger charge is 2.40. The molecule has 4 aromatic rings. The van der Waals surface area contributed by atoms with Gasteiger partial charge in [0.1, 0.15) is 18.8 Å². The van der Waals surface area contributed by atoms with Crippen LogP contribution in [0.2, 0.25) is 5.02 Å². The number of nitrogens with two attached hydrogens (primary N) is 1. The Hall–Kier alpha value is -4.31. The molecule has 11 heteroatoms. The van der Waals surface area contributed by atoms with E-state index in [1.54, 1.807) is 48.8 Å². The second-order valence-corrected chi connectivity index (χ2v) is 9.52. The maximum absolute atomic E-state index is 14.4. The van der Waals surface area contributed by atoms with E-state index >= 15 is 0 Å². The first-order chi connectivity index (χ1) is 18.3. The molecule has 1 fully saturated rings. The zero-order valence-electron chi connectivity index (χ0n) is 20.2. The maximum Gasteiger partial charge on any atom is 0.269 e. The van der Waals surface area contributed by atoms with Crippen LogP contribution in [-0.2, 0) is 22.7 Å². The summed E-state index contributed by atoms with van der Waals surface area (Å²) in [7, 11) is 0. The van der Waals surface area contributed by atoms with Crippen LogP contribution >= 0.6 is 11.6 Å². The Kier molecular flexibility index (Phi) is 7.06. The van der Waals surface area contributed by atoms with Crippen LogP contribution in [0.3, 0.4) is 0 Å². The fraction of sp³-hybridized carbons (Fsp3) is 0.222. The van der Waals surface area contributed by atoms with E-state index in [0.717, 1.165) is 16.7 Å². The van der Waals surface area contributed by atoms with Crippen LogP contribution in [0.25, 0.3) is 22.0 Å². The molecule has 0 unspecified atom stereocenters. The number of nitrogens with one attached hydrogen (secondary N) is 1. The molecule has 0 spiro atoms. The van der Waals surface area contributed by atoms with E-state index in [-0.39, 0.29) is 31.7 Å². The summed E-state index contributed by atoms with van der Waals surface area (Å²) in [6.07, 6.45) is 1.88. The Bertz CT molecular complexity index is 1530. The zero-order valence-corrected chi connectivity index (χ0v) is 20.9. The number of alkyl halides is 1. The molecule has 3 amide bonds. The van der Waals surface area contributed by atoms with Crippen molar-refractivity contribution in [1.82, 2.24) is 25.0 Å². The lowest BCUT2D eigenvalue weighted by Crippen LogP contribution is -2.46. The molecule has 38 heavy (non-hydrogen) atoms. The number of carbonyl (C=O) groups is 3. The SMILES string of the molecule is NC(=O)c1nn(CC(=O)N2C[C@H](F)C[C@H]2C(=O)NCc2cccc(Cl)c2)c2ccc(-c3ccncc3)cc12. The number of halogens is 2. The van der Waals surface area contributed by atoms with Crippen molar-refractivity contribution in [2.75, 3.05) is 6.54 Å². The first-order valence-electron chi connectivity index (χ1n) is 12.0. The molecule has 2 aromatic heterocycles. The number of fused-ring (bicyclic) bond motifs is 1. The number of amides is 3. The van der Waals surface area contributed by atoms with Gasteiger partial charge < -0.3 is 16.0 Å². The van der Waals surface area contributed by atoms with E-state index in [4.69, 9.17) is 17.3 Å². The van der Waals surface area contributed by atoms with E-state index in [1.807, 2.05) is 18.2 Å². The van der Waals surface area contributed by atoms with Crippen LogP contribution in [-0.4, -0.2) is 56.1 Å². The Balaban J connectivity index is 1.36. The Morgan fingerprint density at radius 2 is 1.87 bits per heavy atom. The second kappa shape index (κ2) is 10.6. The third-order valence-corrected chi connectivity index (χ3v) is 6.75. The smallest absolute Gasteiger partial charge is 0.269 e. The van der Waals surface area contributed by atoms with E-state index in [9.17, 15) is 18.8 Å². The van der Waals surface area contributed by atoms with Crippen LogP contribution in [0.5, 0.6) is 0 Å². The first-order valence-corrected chi connectivity index (χ1v) is 12.3. The van der Waals surface area contributed by atoms with Crippen LogP contribution < -0.4 is 11.1 Å². The van der Waals surface area contributed by atoms with Crippen LogP contribution in [0.1, 0.15) is 22.5 Å². The lowest BCUT2D eigenvalue weighted by atomic mass is 10.0. The van der Waals surface area contributed by atoms with Crippen molar-refractivity contribution >= 4 is 40.2 Å². The van der Waals surface area contributed by atoms with Gasteiger partial charge in [-0.2, -0.15) is 5.10 Å². The van der Waals surface area contributed by atoms with Crippen LogP contribution in [0.15, 0.2) is 67.0 Å². The molecular formula is C27H24ClFN6O3. The van der Waals surface area contributed by atoms with E-state index < -0.39 is 29.9 Å². The summed E-state index contributed by atoms with van der Waals surface area (Å²) in [5.41, 5.74) is 8.60. The molecule has 1 aliphatic rings. The van der Waals surface area contributed by atoms with Gasteiger partial charge in [0.2, 0.25) is 11.8 Å². The number of likely N-dealkylation sites (tertiary alicyclic amines) is 1. The van der Waals surface area contributed by atoms with Crippen molar-refractivity contribution in [2.45, 2.75) is 31.7 Å². The van der Waals surface area contributed by atoms with E-state index in [0.29, 0.717) is 15.9 Å². The summed E-state index contributed by atoms with van der Waals surface area (Å²) in [4.78, 5) is 43.6. The average Bonchev–Trinajstić information content (AvgIpc) is 3.48. The van der Waals surface area contributed by atoms with Gasteiger partial charge in [-0.25, -0.2) is 4.39 Å². The van der Waals surface area contributed by atoms with Gasteiger partial charge in [0.05, 0.1) is 12.1 Å².